The Hall–Kier alpha value is -1.27. The van der Waals surface area contributed by atoms with Gasteiger partial charge in [0.2, 0.25) is 5.79 Å². The lowest BCUT2D eigenvalue weighted by molar-refractivity contribution is -0.259. The first kappa shape index (κ1) is 13.4. The van der Waals surface area contributed by atoms with Gasteiger partial charge in [0, 0.05) is 17.5 Å². The summed E-state index contributed by atoms with van der Waals surface area (Å²) in [5.74, 6) is -2.21. The summed E-state index contributed by atoms with van der Waals surface area (Å²) in [4.78, 5) is 12.2. The summed E-state index contributed by atoms with van der Waals surface area (Å²) in [6, 6.07) is 7.80. The highest BCUT2D eigenvalue weighted by atomic mass is 16.8. The van der Waals surface area contributed by atoms with Gasteiger partial charge in [-0.2, -0.15) is 0 Å². The van der Waals surface area contributed by atoms with Gasteiger partial charge in [0.15, 0.2) is 5.79 Å². The number of Topliss-reactive ketones (excluding diaryl/α,β-unsaturated/α-hetero) is 1. The first-order valence-corrected chi connectivity index (χ1v) is 7.34. The first-order valence-electron chi connectivity index (χ1n) is 7.34. The summed E-state index contributed by atoms with van der Waals surface area (Å²) in [7, 11) is 0. The largest absolute Gasteiger partial charge is 0.343 e. The zero-order valence-electron chi connectivity index (χ0n) is 12.0. The minimum Gasteiger partial charge on any atom is -0.343 e. The fraction of sp³-hybridized carbons (Fsp3) is 0.562. The molecule has 0 amide bonds. The highest BCUT2D eigenvalue weighted by Crippen LogP contribution is 2.54. The van der Waals surface area contributed by atoms with Gasteiger partial charge in [-0.3, -0.25) is 4.79 Å². The van der Waals surface area contributed by atoms with Gasteiger partial charge in [0.1, 0.15) is 5.78 Å². The topological polar surface area (TPSA) is 54.0 Å². The van der Waals surface area contributed by atoms with Gasteiger partial charge in [0.05, 0.1) is 32.3 Å². The number of carbonyl (C=O) groups is 1. The summed E-state index contributed by atoms with van der Waals surface area (Å²) in [5, 5.41) is 0. The Morgan fingerprint density at radius 3 is 2.19 bits per heavy atom. The normalized spacial score (nSPS) is 28.9. The summed E-state index contributed by atoms with van der Waals surface area (Å²) in [6.07, 6.45) is 0.430. The van der Waals surface area contributed by atoms with Crippen LogP contribution in [0.15, 0.2) is 24.3 Å². The molecule has 1 aromatic carbocycles. The van der Waals surface area contributed by atoms with Crippen LogP contribution < -0.4 is 0 Å². The molecule has 112 valence electrons. The van der Waals surface area contributed by atoms with E-state index in [1.165, 1.54) is 0 Å². The van der Waals surface area contributed by atoms with E-state index in [0.717, 1.165) is 11.1 Å². The second kappa shape index (κ2) is 4.61. The molecule has 5 heteroatoms. The number of carbonyl (C=O) groups excluding carboxylic acids is 1. The van der Waals surface area contributed by atoms with Crippen molar-refractivity contribution in [3.8, 4) is 0 Å². The number of fused-ring (bicyclic) bond motifs is 3. The highest BCUT2D eigenvalue weighted by Gasteiger charge is 2.60. The van der Waals surface area contributed by atoms with Crippen LogP contribution in [0.2, 0.25) is 0 Å². The Balaban J connectivity index is 1.93. The van der Waals surface area contributed by atoms with E-state index in [1.54, 1.807) is 6.92 Å². The predicted octanol–water partition coefficient (Wildman–Crippen LogP) is 1.69. The van der Waals surface area contributed by atoms with Crippen LogP contribution in [0, 0.1) is 5.92 Å². The number of hydrogen-bond donors (Lipinski definition) is 0. The number of ketones is 1. The Morgan fingerprint density at radius 2 is 1.57 bits per heavy atom. The lowest BCUT2D eigenvalue weighted by atomic mass is 9.73. The third-order valence-corrected chi connectivity index (χ3v) is 4.61. The molecule has 1 aliphatic carbocycles. The van der Waals surface area contributed by atoms with E-state index in [2.05, 4.69) is 0 Å². The minimum absolute atomic E-state index is 0.0323. The van der Waals surface area contributed by atoms with Crippen molar-refractivity contribution in [2.45, 2.75) is 24.9 Å². The van der Waals surface area contributed by atoms with Crippen LogP contribution in [-0.2, 0) is 35.3 Å². The molecule has 1 atom stereocenters. The van der Waals surface area contributed by atoms with Crippen LogP contribution in [0.5, 0.6) is 0 Å². The van der Waals surface area contributed by atoms with Gasteiger partial charge in [-0.15, -0.1) is 0 Å². The molecule has 5 nitrogen and oxygen atoms in total. The van der Waals surface area contributed by atoms with Gasteiger partial charge in [0.25, 0.3) is 0 Å². The zero-order valence-corrected chi connectivity index (χ0v) is 12.0. The van der Waals surface area contributed by atoms with Gasteiger partial charge in [-0.1, -0.05) is 24.3 Å². The molecule has 0 N–H and O–H groups in total. The summed E-state index contributed by atoms with van der Waals surface area (Å²) >= 11 is 0. The molecule has 2 heterocycles. The van der Waals surface area contributed by atoms with Crippen molar-refractivity contribution in [1.29, 1.82) is 0 Å². The van der Waals surface area contributed by atoms with Gasteiger partial charge < -0.3 is 18.9 Å². The average molecular weight is 290 g/mol. The molecular formula is C16H18O5. The van der Waals surface area contributed by atoms with Crippen molar-refractivity contribution >= 4 is 5.78 Å². The van der Waals surface area contributed by atoms with Gasteiger partial charge in [-0.25, -0.2) is 0 Å². The fourth-order valence-electron chi connectivity index (χ4n) is 3.74. The number of hydrogen-bond acceptors (Lipinski definition) is 5. The average Bonchev–Trinajstić information content (AvgIpc) is 3.14. The maximum Gasteiger partial charge on any atom is 0.205 e. The summed E-state index contributed by atoms with van der Waals surface area (Å²) < 4.78 is 23.7. The smallest absolute Gasteiger partial charge is 0.205 e. The maximum atomic E-state index is 12.2. The van der Waals surface area contributed by atoms with Gasteiger partial charge in [-0.05, 0) is 6.92 Å². The van der Waals surface area contributed by atoms with Crippen LogP contribution >= 0.6 is 0 Å². The molecule has 3 aliphatic rings. The Morgan fingerprint density at radius 1 is 1.00 bits per heavy atom. The second-order valence-electron chi connectivity index (χ2n) is 5.73. The summed E-state index contributed by atoms with van der Waals surface area (Å²) in [6.45, 7) is 3.63. The molecule has 2 saturated heterocycles. The molecular weight excluding hydrogens is 272 g/mol. The molecule has 1 aromatic rings. The van der Waals surface area contributed by atoms with E-state index in [-0.39, 0.29) is 5.78 Å². The predicted molar refractivity (Wildman–Crippen MR) is 72.4 cm³/mol. The molecule has 2 fully saturated rings. The van der Waals surface area contributed by atoms with Crippen LogP contribution in [0.1, 0.15) is 24.5 Å². The molecule has 21 heavy (non-hydrogen) atoms. The Labute approximate surface area is 123 Å². The molecule has 2 spiro atoms. The SMILES string of the molecule is CC(=O)[C@H]1CC2(OCCO2)c2ccccc2C12OCCO2. The minimum atomic E-state index is -0.983. The van der Waals surface area contributed by atoms with Gasteiger partial charge >= 0.3 is 0 Å². The highest BCUT2D eigenvalue weighted by molar-refractivity contribution is 5.80. The molecule has 4 rings (SSSR count). The molecule has 0 saturated carbocycles. The standard InChI is InChI=1S/C16H18O5/c1-11(17)14-10-15(18-6-7-19-15)12-4-2-3-5-13(12)16(14)20-8-9-21-16/h2-5,14H,6-10H2,1H3/t14-/m1/s1. The monoisotopic (exact) mass is 290 g/mol. The Bertz CT molecular complexity index is 570. The van der Waals surface area contributed by atoms with E-state index in [0.29, 0.717) is 32.8 Å². The van der Waals surface area contributed by atoms with Crippen LogP contribution in [0.25, 0.3) is 0 Å². The van der Waals surface area contributed by atoms with Crippen LogP contribution in [-0.4, -0.2) is 32.2 Å². The van der Waals surface area contributed by atoms with Crippen molar-refractivity contribution in [2.75, 3.05) is 26.4 Å². The number of benzene rings is 1. The Kier molecular flexibility index (Phi) is 2.94. The van der Waals surface area contributed by atoms with Crippen LogP contribution in [0.4, 0.5) is 0 Å². The van der Waals surface area contributed by atoms with Crippen molar-refractivity contribution in [2.24, 2.45) is 5.92 Å². The third-order valence-electron chi connectivity index (χ3n) is 4.61. The summed E-state index contributed by atoms with van der Waals surface area (Å²) in [5.41, 5.74) is 1.78. The molecule has 0 radical (unpaired) electrons. The van der Waals surface area contributed by atoms with Crippen molar-refractivity contribution in [3.63, 3.8) is 0 Å². The van der Waals surface area contributed by atoms with Crippen molar-refractivity contribution in [3.05, 3.63) is 35.4 Å². The second-order valence-corrected chi connectivity index (χ2v) is 5.73. The van der Waals surface area contributed by atoms with Crippen molar-refractivity contribution in [1.82, 2.24) is 0 Å². The van der Waals surface area contributed by atoms with E-state index in [4.69, 9.17) is 18.9 Å². The maximum absolute atomic E-state index is 12.2. The van der Waals surface area contributed by atoms with E-state index >= 15 is 0 Å². The number of ether oxygens (including phenoxy) is 4. The van der Waals surface area contributed by atoms with Crippen LogP contribution in [0.3, 0.4) is 0 Å². The third kappa shape index (κ3) is 1.75. The van der Waals surface area contributed by atoms with E-state index in [9.17, 15) is 4.79 Å². The van der Waals surface area contributed by atoms with Crippen molar-refractivity contribution < 1.29 is 23.7 Å². The molecule has 0 unspecified atom stereocenters. The zero-order chi connectivity index (χ0) is 14.5. The van der Waals surface area contributed by atoms with E-state index < -0.39 is 17.5 Å². The lowest BCUT2D eigenvalue weighted by Gasteiger charge is -2.46. The quantitative estimate of drug-likeness (QED) is 0.788. The fourth-order valence-corrected chi connectivity index (χ4v) is 3.74. The molecule has 0 bridgehead atoms. The lowest BCUT2D eigenvalue weighted by Crippen LogP contribution is -2.51. The molecule has 2 aliphatic heterocycles. The number of rotatable bonds is 1. The van der Waals surface area contributed by atoms with E-state index in [1.807, 2.05) is 24.3 Å². The first-order chi connectivity index (χ1) is 10.2. The molecule has 0 aromatic heterocycles.